The number of benzene rings is 1. The number of hydrogen-bond acceptors (Lipinski definition) is 7. The van der Waals surface area contributed by atoms with Crippen molar-refractivity contribution in [3.8, 4) is 0 Å². The van der Waals surface area contributed by atoms with E-state index in [2.05, 4.69) is 20.3 Å². The van der Waals surface area contributed by atoms with Gasteiger partial charge in [-0.25, -0.2) is 23.4 Å². The van der Waals surface area contributed by atoms with Crippen molar-refractivity contribution in [3.63, 3.8) is 0 Å². The highest BCUT2D eigenvalue weighted by molar-refractivity contribution is 8.06. The van der Waals surface area contributed by atoms with Crippen LogP contribution in [0.4, 0.5) is 30.5 Å². The largest absolute Gasteiger partial charge is 0.417 e. The molecule has 32 heavy (non-hydrogen) atoms. The number of nitrogens with one attached hydrogen (secondary N) is 1. The van der Waals surface area contributed by atoms with Crippen molar-refractivity contribution in [2.45, 2.75) is 20.0 Å². The molecule has 13 heteroatoms. The van der Waals surface area contributed by atoms with Crippen LogP contribution in [-0.4, -0.2) is 39.7 Å². The third-order valence-electron chi connectivity index (χ3n) is 4.49. The van der Waals surface area contributed by atoms with Crippen LogP contribution in [0.1, 0.15) is 25.0 Å². The maximum Gasteiger partial charge on any atom is 0.417 e. The number of halogens is 3. The lowest BCUT2D eigenvalue weighted by Gasteiger charge is -2.11. The summed E-state index contributed by atoms with van der Waals surface area (Å²) in [4.78, 5) is 23.2. The number of aromatic nitrogens is 3. The van der Waals surface area contributed by atoms with Crippen LogP contribution in [0.3, 0.4) is 0 Å². The maximum atomic E-state index is 13.0. The average molecular weight is 468 g/mol. The molecule has 0 aliphatic rings. The van der Waals surface area contributed by atoms with Crippen LogP contribution in [0, 0.1) is 0 Å². The molecular formula is C19H19F3N6O3S. The smallest absolute Gasteiger partial charge is 0.398 e. The first-order chi connectivity index (χ1) is 14.8. The number of nitrogen functional groups attached to an aromatic ring is 1. The first-order valence-corrected chi connectivity index (χ1v) is 10.9. The Hall–Kier alpha value is -3.48. The van der Waals surface area contributed by atoms with E-state index in [-0.39, 0.29) is 40.0 Å². The van der Waals surface area contributed by atoms with E-state index in [0.717, 1.165) is 6.07 Å². The minimum absolute atomic E-state index is 0.0308. The van der Waals surface area contributed by atoms with Gasteiger partial charge in [0.15, 0.2) is 20.5 Å². The molecule has 0 spiro atoms. The standard InChI is InChI=1S/C19H19F3N6O3S/c1-4-32(30,31)17(13-6-5-12(8-14(13)23)25-10(2)29)27-18-26-15-7-11(19(20,21)22)9-24-16(15)28(18)3/h5-9H,4,23H2,1-3H3,(H,25,29). The van der Waals surface area contributed by atoms with E-state index in [1.54, 1.807) is 0 Å². The van der Waals surface area contributed by atoms with Gasteiger partial charge in [-0.2, -0.15) is 13.2 Å². The van der Waals surface area contributed by atoms with E-state index in [1.807, 2.05) is 0 Å². The Morgan fingerprint density at radius 1 is 1.28 bits per heavy atom. The number of nitrogens with zero attached hydrogens (tertiary/aromatic N) is 4. The molecule has 3 aromatic rings. The van der Waals surface area contributed by atoms with Gasteiger partial charge in [-0.05, 0) is 24.3 Å². The van der Waals surface area contributed by atoms with Gasteiger partial charge in [0.05, 0.1) is 11.3 Å². The molecule has 9 nitrogen and oxygen atoms in total. The van der Waals surface area contributed by atoms with Gasteiger partial charge in [0, 0.05) is 37.1 Å². The lowest BCUT2D eigenvalue weighted by Crippen LogP contribution is -2.20. The number of carbonyl (C=O) groups excluding carboxylic acids is 1. The maximum absolute atomic E-state index is 13.0. The molecule has 0 aliphatic heterocycles. The summed E-state index contributed by atoms with van der Waals surface area (Å²) in [6, 6.07) is 5.03. The van der Waals surface area contributed by atoms with Crippen molar-refractivity contribution in [3.05, 3.63) is 41.6 Å². The number of pyridine rings is 1. The fraction of sp³-hybridized carbons (Fsp3) is 0.263. The van der Waals surface area contributed by atoms with Gasteiger partial charge in [0.25, 0.3) is 0 Å². The molecule has 3 N–H and O–H groups in total. The Morgan fingerprint density at radius 3 is 2.53 bits per heavy atom. The number of carbonyl (C=O) groups is 1. The van der Waals surface area contributed by atoms with Crippen LogP contribution in [0.2, 0.25) is 0 Å². The molecule has 2 heterocycles. The number of aliphatic imine (C=N–C) groups is 1. The Morgan fingerprint density at radius 2 is 1.97 bits per heavy atom. The number of hydrogen-bond donors (Lipinski definition) is 2. The molecule has 0 aliphatic carbocycles. The van der Waals surface area contributed by atoms with E-state index in [4.69, 9.17) is 5.73 Å². The van der Waals surface area contributed by atoms with Crippen molar-refractivity contribution < 1.29 is 26.4 Å². The van der Waals surface area contributed by atoms with Crippen LogP contribution >= 0.6 is 0 Å². The first kappa shape index (κ1) is 23.2. The first-order valence-electron chi connectivity index (χ1n) is 9.22. The number of imidazole rings is 1. The molecule has 0 fully saturated rings. The Balaban J connectivity index is 2.19. The summed E-state index contributed by atoms with van der Waals surface area (Å²) in [5.41, 5.74) is 5.49. The van der Waals surface area contributed by atoms with Gasteiger partial charge in [-0.15, -0.1) is 0 Å². The number of amides is 1. The monoisotopic (exact) mass is 468 g/mol. The van der Waals surface area contributed by atoms with Crippen molar-refractivity contribution in [2.24, 2.45) is 12.0 Å². The summed E-state index contributed by atoms with van der Waals surface area (Å²) in [5.74, 6) is -0.805. The van der Waals surface area contributed by atoms with Crippen molar-refractivity contribution in [2.75, 3.05) is 16.8 Å². The van der Waals surface area contributed by atoms with Crippen LogP contribution in [0.15, 0.2) is 35.5 Å². The lowest BCUT2D eigenvalue weighted by atomic mass is 10.1. The zero-order valence-electron chi connectivity index (χ0n) is 17.2. The summed E-state index contributed by atoms with van der Waals surface area (Å²) in [6.07, 6.45) is -3.94. The van der Waals surface area contributed by atoms with E-state index in [9.17, 15) is 26.4 Å². The third kappa shape index (κ3) is 4.56. The molecule has 2 aromatic heterocycles. The van der Waals surface area contributed by atoms with E-state index in [1.165, 1.54) is 43.7 Å². The second-order valence-electron chi connectivity index (χ2n) is 6.84. The quantitative estimate of drug-likeness (QED) is 0.344. The predicted octanol–water partition coefficient (Wildman–Crippen LogP) is 3.04. The molecule has 1 amide bonds. The van der Waals surface area contributed by atoms with E-state index < -0.39 is 26.6 Å². The number of sulfone groups is 1. The molecule has 0 saturated heterocycles. The van der Waals surface area contributed by atoms with Crippen LogP contribution < -0.4 is 11.1 Å². The van der Waals surface area contributed by atoms with Gasteiger partial charge < -0.3 is 11.1 Å². The molecule has 3 rings (SSSR count). The average Bonchev–Trinajstić information content (AvgIpc) is 3.00. The van der Waals surface area contributed by atoms with Gasteiger partial charge in [0.1, 0.15) is 5.52 Å². The summed E-state index contributed by atoms with van der Waals surface area (Å²) in [6.45, 7) is 2.72. The highest BCUT2D eigenvalue weighted by Gasteiger charge is 2.32. The summed E-state index contributed by atoms with van der Waals surface area (Å²) >= 11 is 0. The second-order valence-corrected chi connectivity index (χ2v) is 9.03. The topological polar surface area (TPSA) is 132 Å². The summed E-state index contributed by atoms with van der Waals surface area (Å²) < 4.78 is 65.8. The Bertz CT molecular complexity index is 1350. The Labute approximate surface area is 181 Å². The fourth-order valence-electron chi connectivity index (χ4n) is 2.88. The molecule has 0 saturated carbocycles. The van der Waals surface area contributed by atoms with Gasteiger partial charge in [-0.3, -0.25) is 9.36 Å². The normalized spacial score (nSPS) is 12.9. The molecular weight excluding hydrogens is 449 g/mol. The predicted molar refractivity (Wildman–Crippen MR) is 114 cm³/mol. The number of nitrogens with two attached hydrogens (primary N) is 1. The zero-order valence-corrected chi connectivity index (χ0v) is 18.0. The van der Waals surface area contributed by atoms with Gasteiger partial charge in [-0.1, -0.05) is 6.92 Å². The molecule has 0 bridgehead atoms. The molecule has 0 radical (unpaired) electrons. The molecule has 1 aromatic carbocycles. The zero-order chi connectivity index (χ0) is 23.8. The van der Waals surface area contributed by atoms with Crippen molar-refractivity contribution in [1.29, 1.82) is 0 Å². The van der Waals surface area contributed by atoms with E-state index >= 15 is 0 Å². The fourth-order valence-corrected chi connectivity index (χ4v) is 3.90. The van der Waals surface area contributed by atoms with Gasteiger partial charge in [0.2, 0.25) is 11.9 Å². The van der Waals surface area contributed by atoms with Crippen LogP contribution in [-0.2, 0) is 27.9 Å². The SMILES string of the molecule is CCS(=O)(=O)C(=Nc1nc2cc(C(F)(F)F)cnc2n1C)c1ccc(NC(C)=O)cc1N. The lowest BCUT2D eigenvalue weighted by molar-refractivity contribution is -0.137. The van der Waals surface area contributed by atoms with Crippen LogP contribution in [0.5, 0.6) is 0 Å². The number of aryl methyl sites for hydroxylation is 1. The third-order valence-corrected chi connectivity index (χ3v) is 6.15. The van der Waals surface area contributed by atoms with Crippen LogP contribution in [0.25, 0.3) is 11.2 Å². The molecule has 0 unspecified atom stereocenters. The highest BCUT2D eigenvalue weighted by Crippen LogP contribution is 2.31. The van der Waals surface area contributed by atoms with Crippen molar-refractivity contribution >= 4 is 49.3 Å². The second kappa shape index (κ2) is 8.22. The molecule has 170 valence electrons. The van der Waals surface area contributed by atoms with E-state index in [0.29, 0.717) is 11.9 Å². The minimum atomic E-state index is -4.61. The number of anilines is 2. The van der Waals surface area contributed by atoms with Gasteiger partial charge >= 0.3 is 6.18 Å². The highest BCUT2D eigenvalue weighted by atomic mass is 32.2. The number of alkyl halides is 3. The Kier molecular flexibility index (Phi) is 5.96. The summed E-state index contributed by atoms with van der Waals surface area (Å²) in [5, 5.41) is 2.13. The number of rotatable bonds is 4. The molecule has 0 atom stereocenters. The number of fused-ring (bicyclic) bond motifs is 1. The summed E-state index contributed by atoms with van der Waals surface area (Å²) in [7, 11) is -2.47. The minimum Gasteiger partial charge on any atom is -0.398 e. The van der Waals surface area contributed by atoms with Crippen molar-refractivity contribution in [1.82, 2.24) is 14.5 Å².